The second-order valence-corrected chi connectivity index (χ2v) is 13.1. The topological polar surface area (TPSA) is 49.9 Å². The largest absolute Gasteiger partial charge is 0.455 e. The Morgan fingerprint density at radius 3 is 1.88 bits per heavy atom. The first-order chi connectivity index (χ1) is 25.2. The molecule has 51 heavy (non-hydrogen) atoms. The molecule has 10 rings (SSSR count). The molecule has 0 bridgehead atoms. The first kappa shape index (κ1) is 29.2. The third-order valence-electron chi connectivity index (χ3n) is 9.86. The van der Waals surface area contributed by atoms with Crippen LogP contribution in [0.4, 0.5) is 0 Å². The summed E-state index contributed by atoms with van der Waals surface area (Å²) in [5, 5.41) is 10.6. The number of benzene rings is 8. The average molecular weight is 654 g/mol. The van der Waals surface area contributed by atoms with Crippen LogP contribution in [0.2, 0.25) is 0 Å². The van der Waals surface area contributed by atoms with Gasteiger partial charge < -0.3 is 9.73 Å². The van der Waals surface area contributed by atoms with Crippen LogP contribution < -0.4 is 5.32 Å². The molecule has 1 unspecified atom stereocenters. The predicted molar refractivity (Wildman–Crippen MR) is 211 cm³/mol. The molecule has 1 atom stereocenters. The van der Waals surface area contributed by atoms with Crippen molar-refractivity contribution >= 4 is 55.2 Å². The van der Waals surface area contributed by atoms with Crippen molar-refractivity contribution in [3.63, 3.8) is 0 Å². The number of fused-ring (bicyclic) bond motifs is 5. The van der Waals surface area contributed by atoms with Crippen molar-refractivity contribution in [3.8, 4) is 22.3 Å². The molecule has 0 aliphatic carbocycles. The van der Waals surface area contributed by atoms with Gasteiger partial charge in [-0.15, -0.1) is 0 Å². The summed E-state index contributed by atoms with van der Waals surface area (Å²) in [6, 6.07) is 61.7. The van der Waals surface area contributed by atoms with Crippen LogP contribution in [0.5, 0.6) is 0 Å². The van der Waals surface area contributed by atoms with Gasteiger partial charge in [-0.3, -0.25) is 0 Å². The molecule has 0 radical (unpaired) electrons. The van der Waals surface area contributed by atoms with Crippen LogP contribution >= 0.6 is 0 Å². The van der Waals surface area contributed by atoms with Gasteiger partial charge in [-0.2, -0.15) is 0 Å². The second kappa shape index (κ2) is 12.0. The highest BCUT2D eigenvalue weighted by molar-refractivity contribution is 6.18. The first-order valence-electron chi connectivity index (χ1n) is 17.3. The Morgan fingerprint density at radius 1 is 0.451 bits per heavy atom. The van der Waals surface area contributed by atoms with Crippen LogP contribution in [0, 0.1) is 0 Å². The number of amidine groups is 2. The Balaban J connectivity index is 1.19. The Bertz CT molecular complexity index is 2830. The van der Waals surface area contributed by atoms with E-state index in [4.69, 9.17) is 14.4 Å². The SMILES string of the molecule is c1ccc(C2=NC(c3ccc4ccccc4c3)NC(c3cc(-c4cccc(-c5ccccc5)c4)c4oc5cc6ccccc6cc5c4c3)=N2)cc1. The van der Waals surface area contributed by atoms with Crippen molar-refractivity contribution in [1.82, 2.24) is 5.32 Å². The van der Waals surface area contributed by atoms with Gasteiger partial charge in [0.2, 0.25) is 0 Å². The van der Waals surface area contributed by atoms with E-state index in [1.807, 2.05) is 18.2 Å². The Labute approximate surface area is 295 Å². The van der Waals surface area contributed by atoms with Crippen LogP contribution in [-0.2, 0) is 0 Å². The molecule has 1 aliphatic rings. The van der Waals surface area contributed by atoms with Crippen molar-refractivity contribution in [2.45, 2.75) is 6.17 Å². The number of hydrogen-bond donors (Lipinski definition) is 1. The van der Waals surface area contributed by atoms with E-state index >= 15 is 0 Å². The lowest BCUT2D eigenvalue weighted by Gasteiger charge is -2.24. The third kappa shape index (κ3) is 5.25. The van der Waals surface area contributed by atoms with Gasteiger partial charge in [0.15, 0.2) is 5.84 Å². The third-order valence-corrected chi connectivity index (χ3v) is 9.86. The highest BCUT2D eigenvalue weighted by Crippen LogP contribution is 2.40. The minimum absolute atomic E-state index is 0.331. The summed E-state index contributed by atoms with van der Waals surface area (Å²) in [4.78, 5) is 10.4. The van der Waals surface area contributed by atoms with E-state index in [1.165, 1.54) is 21.7 Å². The maximum atomic E-state index is 6.77. The molecule has 4 nitrogen and oxygen atoms in total. The highest BCUT2D eigenvalue weighted by Gasteiger charge is 2.24. The van der Waals surface area contributed by atoms with Gasteiger partial charge in [-0.25, -0.2) is 9.98 Å². The lowest BCUT2D eigenvalue weighted by Crippen LogP contribution is -2.33. The summed E-state index contributed by atoms with van der Waals surface area (Å²) in [5.74, 6) is 1.46. The van der Waals surface area contributed by atoms with Crippen LogP contribution in [0.25, 0.3) is 65.7 Å². The summed E-state index contributed by atoms with van der Waals surface area (Å²) in [6.45, 7) is 0. The van der Waals surface area contributed by atoms with Gasteiger partial charge in [-0.1, -0.05) is 140 Å². The Kier molecular flexibility index (Phi) is 6.85. The summed E-state index contributed by atoms with van der Waals surface area (Å²) < 4.78 is 6.77. The van der Waals surface area contributed by atoms with E-state index < -0.39 is 0 Å². The number of aliphatic imine (C=N–C) groups is 2. The Hall–Kier alpha value is -6.78. The van der Waals surface area contributed by atoms with Gasteiger partial charge in [0.25, 0.3) is 0 Å². The van der Waals surface area contributed by atoms with Crippen molar-refractivity contribution < 1.29 is 4.42 Å². The quantitative estimate of drug-likeness (QED) is 0.201. The molecule has 4 heteroatoms. The molecule has 2 heterocycles. The monoisotopic (exact) mass is 653 g/mol. The molecule has 9 aromatic rings. The molecule has 1 N–H and O–H groups in total. The van der Waals surface area contributed by atoms with Crippen LogP contribution in [0.15, 0.2) is 190 Å². The van der Waals surface area contributed by atoms with E-state index in [0.29, 0.717) is 5.84 Å². The number of rotatable bonds is 5. The van der Waals surface area contributed by atoms with Crippen molar-refractivity contribution in [2.24, 2.45) is 9.98 Å². The van der Waals surface area contributed by atoms with E-state index in [9.17, 15) is 0 Å². The summed E-state index contributed by atoms with van der Waals surface area (Å²) in [7, 11) is 0. The van der Waals surface area contributed by atoms with Gasteiger partial charge in [-0.05, 0) is 80.2 Å². The van der Waals surface area contributed by atoms with Crippen LogP contribution in [0.1, 0.15) is 22.9 Å². The molecule has 0 spiro atoms. The van der Waals surface area contributed by atoms with Crippen LogP contribution in [-0.4, -0.2) is 11.7 Å². The van der Waals surface area contributed by atoms with E-state index in [0.717, 1.165) is 66.5 Å². The number of hydrogen-bond acceptors (Lipinski definition) is 4. The number of nitrogens with one attached hydrogen (secondary N) is 1. The molecule has 0 saturated carbocycles. The van der Waals surface area contributed by atoms with Crippen molar-refractivity contribution in [1.29, 1.82) is 0 Å². The average Bonchev–Trinajstić information content (AvgIpc) is 3.57. The number of nitrogens with zero attached hydrogens (tertiary/aromatic N) is 2. The van der Waals surface area contributed by atoms with E-state index in [-0.39, 0.29) is 6.17 Å². The zero-order valence-corrected chi connectivity index (χ0v) is 27.6. The first-order valence-corrected chi connectivity index (χ1v) is 17.3. The molecule has 8 aromatic carbocycles. The maximum absolute atomic E-state index is 6.77. The Morgan fingerprint density at radius 2 is 1.10 bits per heavy atom. The van der Waals surface area contributed by atoms with E-state index in [1.54, 1.807) is 0 Å². The molecule has 1 aliphatic heterocycles. The molecule has 240 valence electrons. The summed E-state index contributed by atoms with van der Waals surface area (Å²) >= 11 is 0. The van der Waals surface area contributed by atoms with Crippen molar-refractivity contribution in [3.05, 3.63) is 193 Å². The maximum Gasteiger partial charge on any atom is 0.159 e. The zero-order chi connectivity index (χ0) is 33.7. The molecular weight excluding hydrogens is 623 g/mol. The molecule has 1 aromatic heterocycles. The minimum Gasteiger partial charge on any atom is -0.455 e. The second-order valence-electron chi connectivity index (χ2n) is 13.1. The van der Waals surface area contributed by atoms with Gasteiger partial charge in [0, 0.05) is 27.5 Å². The normalized spacial score (nSPS) is 14.5. The minimum atomic E-state index is -0.331. The van der Waals surface area contributed by atoms with Gasteiger partial charge in [0.05, 0.1) is 0 Å². The lowest BCUT2D eigenvalue weighted by atomic mass is 9.95. The van der Waals surface area contributed by atoms with E-state index in [2.05, 4.69) is 163 Å². The molecule has 0 saturated heterocycles. The summed E-state index contributed by atoms with van der Waals surface area (Å²) in [6.07, 6.45) is -0.331. The smallest absolute Gasteiger partial charge is 0.159 e. The fourth-order valence-corrected chi connectivity index (χ4v) is 7.27. The van der Waals surface area contributed by atoms with Gasteiger partial charge >= 0.3 is 0 Å². The summed E-state index contributed by atoms with van der Waals surface area (Å²) in [5.41, 5.74) is 9.13. The lowest BCUT2D eigenvalue weighted by molar-refractivity contribution is 0.670. The molecule has 0 amide bonds. The fourth-order valence-electron chi connectivity index (χ4n) is 7.27. The fraction of sp³-hybridized carbons (Fsp3) is 0.0213. The molecular formula is C47H31N3O. The van der Waals surface area contributed by atoms with Gasteiger partial charge in [0.1, 0.15) is 23.2 Å². The predicted octanol–water partition coefficient (Wildman–Crippen LogP) is 11.7. The number of furan rings is 1. The zero-order valence-electron chi connectivity index (χ0n) is 27.6. The van der Waals surface area contributed by atoms with Crippen molar-refractivity contribution in [2.75, 3.05) is 0 Å². The highest BCUT2D eigenvalue weighted by atomic mass is 16.3. The van der Waals surface area contributed by atoms with Crippen LogP contribution in [0.3, 0.4) is 0 Å². The standard InChI is InChI=1S/C47H31N3O/c1-3-12-30(13-4-1)34-20-11-21-37(24-34)40-27-39(28-42-41-26-35-18-9-10-19-36(35)29-43(41)51-44(40)42)47-49-45(32-15-5-2-6-16-32)48-46(50-47)38-23-22-31-14-7-8-17-33(31)25-38/h1-29,46H,(H,48,49,50). The molecule has 0 fully saturated rings.